The molecule has 5 heterocycles. The molecule has 0 radical (unpaired) electrons. The maximum Gasteiger partial charge on any atom is 0.131 e. The zero-order valence-electron chi connectivity index (χ0n) is 63.5. The van der Waals surface area contributed by atoms with Gasteiger partial charge in [-0.05, 0) is 196 Å². The van der Waals surface area contributed by atoms with Crippen LogP contribution in [0.2, 0.25) is 0 Å². The molecule has 0 spiro atoms. The van der Waals surface area contributed by atoms with E-state index in [0.29, 0.717) is 35.1 Å². The first-order valence-electron chi connectivity index (χ1n) is 37.1. The third-order valence-electron chi connectivity index (χ3n) is 19.5. The molecule has 0 unspecified atom stereocenters. The molecule has 15 rings (SSSR count). The molecular weight excluding hydrogens is 1370 g/mol. The Morgan fingerprint density at radius 2 is 0.881 bits per heavy atom. The Hall–Kier alpha value is -11.9. The van der Waals surface area contributed by atoms with Gasteiger partial charge >= 0.3 is 0 Å². The zero-order valence-corrected chi connectivity index (χ0v) is 64.3. The van der Waals surface area contributed by atoms with Gasteiger partial charge in [0.2, 0.25) is 0 Å². The smallest absolute Gasteiger partial charge is 0.131 e. The predicted octanol–water partition coefficient (Wildman–Crippen LogP) is 22.2. The van der Waals surface area contributed by atoms with Gasteiger partial charge < -0.3 is 24.1 Å². The van der Waals surface area contributed by atoms with Gasteiger partial charge in [0, 0.05) is 127 Å². The van der Waals surface area contributed by atoms with Crippen LogP contribution in [-0.4, -0.2) is 59.4 Å². The second-order valence-electron chi connectivity index (χ2n) is 30.1. The van der Waals surface area contributed by atoms with Gasteiger partial charge in [0.05, 0.1) is 65.3 Å². The van der Waals surface area contributed by atoms with E-state index in [4.69, 9.17) is 24.7 Å². The highest BCUT2D eigenvalue weighted by Gasteiger charge is 2.45. The maximum atomic E-state index is 11.4. The van der Waals surface area contributed by atoms with Crippen LogP contribution < -0.4 is 14.2 Å². The molecule has 7 aromatic carbocycles. The number of nitrogens with zero attached hydrogens (tertiary/aromatic N) is 9. The quantitative estimate of drug-likeness (QED) is 0.0743. The number of thioether (sulfide) groups is 1. The minimum Gasteiger partial charge on any atom is -0.492 e. The first-order chi connectivity index (χ1) is 52.6. The maximum absolute atomic E-state index is 11.4. The van der Waals surface area contributed by atoms with E-state index in [1.807, 2.05) is 179 Å². The Balaban J connectivity index is 0.000000136. The third kappa shape index (κ3) is 20.7. The summed E-state index contributed by atoms with van der Waals surface area (Å²) < 4.78 is 18.3. The van der Waals surface area contributed by atoms with E-state index >= 15 is 0 Å². The number of hydrogen-bond acceptors (Lipinski definition) is 15. The van der Waals surface area contributed by atoms with E-state index in [2.05, 4.69) is 120 Å². The number of rotatable bonds is 19. The molecule has 15 heteroatoms. The highest BCUT2D eigenvalue weighted by molar-refractivity contribution is 8.00. The molecule has 109 heavy (non-hydrogen) atoms. The molecule has 3 aliphatic rings. The Labute approximate surface area is 645 Å². The summed E-state index contributed by atoms with van der Waals surface area (Å²) in [5, 5.41) is 50.6. The van der Waals surface area contributed by atoms with Crippen LogP contribution in [0, 0.1) is 56.2 Å². The van der Waals surface area contributed by atoms with Crippen molar-refractivity contribution in [3.05, 3.63) is 271 Å². The first-order valence-corrected chi connectivity index (χ1v) is 37.9. The second-order valence-corrected chi connectivity index (χ2v) is 32.0. The van der Waals surface area contributed by atoms with Crippen molar-refractivity contribution < 1.29 is 24.1 Å². The number of fused-ring (bicyclic) bond motifs is 2. The van der Waals surface area contributed by atoms with Crippen LogP contribution in [0.25, 0.3) is 77.2 Å². The summed E-state index contributed by atoms with van der Waals surface area (Å²) >= 11 is 1.85. The SMILES string of the molecule is CC(=O)CC1(COc2ccncc2-c2ccc(C#N)cc2)CC1.CC(C)(C)Oc1ccncc1-c1ccc(C#N)cc1.CC(C)(C)Sc1ccncc1-c1ccc(C2(O)CC2)cc1.CCC1(COc2ccncc2-c2ccc(C#N)c3ccccc23)CC1.CCCc1ccncc1-c1ccc(C#N)c2ccccc12. The number of aromatic nitrogens is 5. The van der Waals surface area contributed by atoms with Gasteiger partial charge in [0.1, 0.15) is 28.6 Å². The van der Waals surface area contributed by atoms with Crippen LogP contribution in [0.4, 0.5) is 0 Å². The minimum atomic E-state index is -0.559. The molecule has 14 nitrogen and oxygen atoms in total. The molecule has 0 bridgehead atoms. The molecular formula is C94H91N9O5S. The van der Waals surface area contributed by atoms with Crippen molar-refractivity contribution in [2.24, 2.45) is 10.8 Å². The van der Waals surface area contributed by atoms with Gasteiger partial charge in [0.15, 0.2) is 0 Å². The minimum absolute atomic E-state index is 0.0248. The Morgan fingerprint density at radius 3 is 1.34 bits per heavy atom. The third-order valence-corrected chi connectivity index (χ3v) is 20.7. The number of carbonyl (C=O) groups is 1. The van der Waals surface area contributed by atoms with Crippen LogP contribution in [0.1, 0.15) is 153 Å². The lowest BCUT2D eigenvalue weighted by molar-refractivity contribution is -0.118. The fraction of sp³-hybridized carbons (Fsp3) is 0.277. The number of ether oxygens (including phenoxy) is 3. The van der Waals surface area contributed by atoms with Gasteiger partial charge in [-0.15, -0.1) is 11.8 Å². The molecule has 3 aliphatic carbocycles. The Kier molecular flexibility index (Phi) is 25.3. The number of carbonyl (C=O) groups excluding carboxylic acids is 1. The van der Waals surface area contributed by atoms with Gasteiger partial charge in [-0.25, -0.2) is 0 Å². The molecule has 3 saturated carbocycles. The van der Waals surface area contributed by atoms with Gasteiger partial charge in [-0.3, -0.25) is 24.9 Å². The second kappa shape index (κ2) is 35.2. The van der Waals surface area contributed by atoms with Crippen LogP contribution in [0.15, 0.2) is 243 Å². The normalized spacial score (nSPS) is 13.7. The number of Topliss-reactive ketones (excluding diaryl/α,β-unsaturated/α-hetero) is 1. The van der Waals surface area contributed by atoms with E-state index in [9.17, 15) is 20.4 Å². The summed E-state index contributed by atoms with van der Waals surface area (Å²) in [5.41, 5.74) is 15.0. The van der Waals surface area contributed by atoms with Crippen molar-refractivity contribution in [2.75, 3.05) is 13.2 Å². The largest absolute Gasteiger partial charge is 0.492 e. The Bertz CT molecular complexity index is 5340. The average molecular weight is 1460 g/mol. The number of hydrogen-bond donors (Lipinski definition) is 1. The monoisotopic (exact) mass is 1460 g/mol. The topological polar surface area (TPSA) is 225 Å². The molecule has 0 atom stereocenters. The lowest BCUT2D eigenvalue weighted by Gasteiger charge is -2.23. The van der Waals surface area contributed by atoms with Gasteiger partial charge in [-0.1, -0.05) is 150 Å². The number of nitriles is 4. The molecule has 0 saturated heterocycles. The molecule has 1 N–H and O–H groups in total. The summed E-state index contributed by atoms with van der Waals surface area (Å²) in [7, 11) is 0. The van der Waals surface area contributed by atoms with Crippen LogP contribution in [-0.2, 0) is 16.8 Å². The van der Waals surface area contributed by atoms with Crippen LogP contribution >= 0.6 is 11.8 Å². The number of ketones is 1. The highest BCUT2D eigenvalue weighted by atomic mass is 32.2. The van der Waals surface area contributed by atoms with E-state index in [1.165, 1.54) is 28.9 Å². The van der Waals surface area contributed by atoms with Crippen LogP contribution in [0.5, 0.6) is 17.2 Å². The van der Waals surface area contributed by atoms with E-state index in [1.54, 1.807) is 62.2 Å². The molecule has 3 fully saturated rings. The van der Waals surface area contributed by atoms with Crippen molar-refractivity contribution in [1.82, 2.24) is 24.9 Å². The van der Waals surface area contributed by atoms with Crippen molar-refractivity contribution >= 4 is 39.1 Å². The van der Waals surface area contributed by atoms with Crippen molar-refractivity contribution in [1.29, 1.82) is 21.0 Å². The lowest BCUT2D eigenvalue weighted by atomic mass is 9.92. The number of aliphatic hydroxyl groups is 1. The molecule has 12 aromatic rings. The summed E-state index contributed by atoms with van der Waals surface area (Å²) in [6, 6.07) is 65.5. The summed E-state index contributed by atoms with van der Waals surface area (Å²) in [4.78, 5) is 33.8. The molecule has 5 aromatic heterocycles. The number of aryl methyl sites for hydroxylation is 1. The van der Waals surface area contributed by atoms with E-state index in [-0.39, 0.29) is 21.5 Å². The Morgan fingerprint density at radius 1 is 0.459 bits per heavy atom. The standard InChI is InChI=1S/C22H20N2O.C19H18N2O2.C19H16N2.C18H21NOS.C16H16N2O/c1-2-22(10-11-22)15-25-21-9-12-24-14-20(21)19-8-7-16(13-23)17-5-3-4-6-18(17)19;1-14(22)10-19(7-8-19)13-23-18-6-9-21-12-17(18)16-4-2-15(11-20)3-5-16;1-2-5-14-10-11-21-13-19(14)18-9-8-15(12-20)16-6-3-4-7-17(16)18;1-17(2,3)21-16-8-11-19-12-15(16)13-4-6-14(7-5-13)18(20)9-10-18;1-16(2,3)19-15-8-9-18-11-14(15)13-6-4-12(10-17)5-7-13/h3-9,12,14H,2,10-11,15H2,1H3;2-6,9,12H,7-8,10,13H2,1H3;3-4,6-11,13H,2,5H2,1H3;4-8,11-12,20H,9-10H2,1-3H3;4-9,11H,1-3H3. The summed E-state index contributed by atoms with van der Waals surface area (Å²) in [6.07, 6.45) is 28.4. The van der Waals surface area contributed by atoms with E-state index in [0.717, 1.165) is 152 Å². The first kappa shape index (κ1) is 78.2. The molecule has 548 valence electrons. The van der Waals surface area contributed by atoms with E-state index < -0.39 is 5.60 Å². The fourth-order valence-electron chi connectivity index (χ4n) is 13.0. The summed E-state index contributed by atoms with van der Waals surface area (Å²) in [5.74, 6) is 2.64. The lowest BCUT2D eigenvalue weighted by Crippen LogP contribution is -2.23. The van der Waals surface area contributed by atoms with Gasteiger partial charge in [-0.2, -0.15) is 21.0 Å². The van der Waals surface area contributed by atoms with Gasteiger partial charge in [0.25, 0.3) is 0 Å². The predicted molar refractivity (Wildman–Crippen MR) is 435 cm³/mol. The fourth-order valence-corrected chi connectivity index (χ4v) is 14.1. The molecule has 0 aliphatic heterocycles. The van der Waals surface area contributed by atoms with Crippen LogP contribution in [0.3, 0.4) is 0 Å². The average Bonchev–Trinajstić information content (AvgIpc) is 1.52. The number of benzene rings is 7. The van der Waals surface area contributed by atoms with Crippen molar-refractivity contribution in [3.8, 4) is 97.2 Å². The summed E-state index contributed by atoms with van der Waals surface area (Å²) in [6.45, 7) is 20.0. The molecule has 0 amide bonds. The van der Waals surface area contributed by atoms with Crippen molar-refractivity contribution in [2.45, 2.75) is 147 Å². The highest BCUT2D eigenvalue weighted by Crippen LogP contribution is 2.51. The van der Waals surface area contributed by atoms with Crippen molar-refractivity contribution in [3.63, 3.8) is 0 Å². The zero-order chi connectivity index (χ0) is 77.2. The number of pyridine rings is 5.